The highest BCUT2D eigenvalue weighted by Crippen LogP contribution is 2.27. The highest BCUT2D eigenvalue weighted by atomic mass is 16.6. The number of amides is 1. The van der Waals surface area contributed by atoms with Gasteiger partial charge in [-0.1, -0.05) is 13.0 Å². The van der Waals surface area contributed by atoms with Crippen molar-refractivity contribution in [1.82, 2.24) is 9.88 Å². The first-order valence-electron chi connectivity index (χ1n) is 8.05. The Balaban J connectivity index is 2.11. The molecule has 1 amide bonds. The Hall–Kier alpha value is -2.04. The summed E-state index contributed by atoms with van der Waals surface area (Å²) in [6.07, 6.45) is 3.49. The lowest BCUT2D eigenvalue weighted by Crippen LogP contribution is -2.39. The Labute approximate surface area is 138 Å². The Morgan fingerprint density at radius 3 is 2.61 bits per heavy atom. The number of aryl methyl sites for hydroxylation is 1. The lowest BCUT2D eigenvalue weighted by Gasteiger charge is -2.30. The van der Waals surface area contributed by atoms with Crippen molar-refractivity contribution < 1.29 is 14.3 Å². The molecule has 0 spiro atoms. The molecule has 0 bridgehead atoms. The second kappa shape index (κ2) is 7.02. The molecule has 0 aliphatic carbocycles. The van der Waals surface area contributed by atoms with Gasteiger partial charge in [0.25, 0.3) is 0 Å². The predicted octanol–water partition coefficient (Wildman–Crippen LogP) is 3.68. The summed E-state index contributed by atoms with van der Waals surface area (Å²) in [5.74, 6) is 0.636. The molecule has 23 heavy (non-hydrogen) atoms. The molecule has 1 aliphatic heterocycles. The fraction of sp³-hybridized carbons (Fsp3) is 0.556. The molecule has 0 N–H and O–H groups in total. The summed E-state index contributed by atoms with van der Waals surface area (Å²) in [6.45, 7) is 8.96. The van der Waals surface area contributed by atoms with Crippen LogP contribution in [0.4, 0.5) is 4.79 Å². The Kier molecular flexibility index (Phi) is 5.29. The number of hydrogen-bond acceptors (Lipinski definition) is 4. The third-order valence-corrected chi connectivity index (χ3v) is 3.70. The molecular weight excluding hydrogens is 292 g/mol. The molecule has 126 valence electrons. The molecule has 0 atom stereocenters. The van der Waals surface area contributed by atoms with E-state index in [-0.39, 0.29) is 6.09 Å². The van der Waals surface area contributed by atoms with Gasteiger partial charge in [-0.25, -0.2) is 9.78 Å². The SMILES string of the molecule is CCc1nc(OC)ccc1C1=CCN(C(=O)OC(C)(C)C)CC1. The van der Waals surface area contributed by atoms with Crippen LogP contribution >= 0.6 is 0 Å². The molecule has 1 aromatic heterocycles. The summed E-state index contributed by atoms with van der Waals surface area (Å²) in [4.78, 5) is 18.4. The molecule has 0 saturated carbocycles. The van der Waals surface area contributed by atoms with Crippen molar-refractivity contribution in [3.8, 4) is 5.88 Å². The van der Waals surface area contributed by atoms with Gasteiger partial charge in [-0.3, -0.25) is 0 Å². The molecule has 2 rings (SSSR count). The van der Waals surface area contributed by atoms with Crippen LogP contribution in [0, 0.1) is 0 Å². The summed E-state index contributed by atoms with van der Waals surface area (Å²) < 4.78 is 10.6. The fourth-order valence-electron chi connectivity index (χ4n) is 2.56. The normalized spacial score (nSPS) is 15.2. The average molecular weight is 318 g/mol. The van der Waals surface area contributed by atoms with E-state index in [9.17, 15) is 4.79 Å². The number of nitrogens with zero attached hydrogens (tertiary/aromatic N) is 2. The van der Waals surface area contributed by atoms with Gasteiger partial charge in [0.05, 0.1) is 12.8 Å². The van der Waals surface area contributed by atoms with Crippen molar-refractivity contribution in [2.75, 3.05) is 20.2 Å². The molecule has 5 heteroatoms. The Bertz CT molecular complexity index is 603. The van der Waals surface area contributed by atoms with Gasteiger partial charge in [0, 0.05) is 19.2 Å². The third-order valence-electron chi connectivity index (χ3n) is 3.70. The van der Waals surface area contributed by atoms with E-state index in [0.29, 0.717) is 19.0 Å². The summed E-state index contributed by atoms with van der Waals surface area (Å²) in [5, 5.41) is 0. The standard InChI is InChI=1S/C18H26N2O3/c1-6-15-14(7-8-16(19-15)22-5)13-9-11-20(12-10-13)17(21)23-18(2,3)4/h7-9H,6,10-12H2,1-5H3. The highest BCUT2D eigenvalue weighted by Gasteiger charge is 2.24. The number of ether oxygens (including phenoxy) is 2. The minimum absolute atomic E-state index is 0.253. The smallest absolute Gasteiger partial charge is 0.410 e. The quantitative estimate of drug-likeness (QED) is 0.853. The van der Waals surface area contributed by atoms with Gasteiger partial charge in [-0.2, -0.15) is 0 Å². The minimum atomic E-state index is -0.462. The molecular formula is C18H26N2O3. The zero-order valence-corrected chi connectivity index (χ0v) is 14.7. The first-order chi connectivity index (χ1) is 10.8. The van der Waals surface area contributed by atoms with E-state index in [1.807, 2.05) is 26.8 Å². The first kappa shape index (κ1) is 17.3. The molecule has 0 aromatic carbocycles. The molecule has 0 radical (unpaired) electrons. The van der Waals surface area contributed by atoms with E-state index in [1.54, 1.807) is 12.0 Å². The number of aromatic nitrogens is 1. The van der Waals surface area contributed by atoms with Crippen molar-refractivity contribution in [2.45, 2.75) is 46.1 Å². The van der Waals surface area contributed by atoms with Crippen molar-refractivity contribution in [1.29, 1.82) is 0 Å². The number of carbonyl (C=O) groups is 1. The minimum Gasteiger partial charge on any atom is -0.481 e. The highest BCUT2D eigenvalue weighted by molar-refractivity contribution is 5.73. The van der Waals surface area contributed by atoms with Crippen molar-refractivity contribution in [3.63, 3.8) is 0 Å². The second-order valence-electron chi connectivity index (χ2n) is 6.61. The monoisotopic (exact) mass is 318 g/mol. The molecule has 0 unspecified atom stereocenters. The second-order valence-corrected chi connectivity index (χ2v) is 6.61. The van der Waals surface area contributed by atoms with Crippen molar-refractivity contribution in [3.05, 3.63) is 29.5 Å². The maximum Gasteiger partial charge on any atom is 0.410 e. The lowest BCUT2D eigenvalue weighted by atomic mass is 9.97. The van der Waals surface area contributed by atoms with Crippen LogP contribution in [0.3, 0.4) is 0 Å². The third kappa shape index (κ3) is 4.47. The summed E-state index contributed by atoms with van der Waals surface area (Å²) in [5.41, 5.74) is 2.95. The van der Waals surface area contributed by atoms with E-state index in [4.69, 9.17) is 9.47 Å². The van der Waals surface area contributed by atoms with Crippen LogP contribution in [-0.4, -0.2) is 41.8 Å². The Morgan fingerprint density at radius 2 is 2.09 bits per heavy atom. The predicted molar refractivity (Wildman–Crippen MR) is 90.6 cm³/mol. The van der Waals surface area contributed by atoms with E-state index < -0.39 is 5.60 Å². The number of pyridine rings is 1. The summed E-state index contributed by atoms with van der Waals surface area (Å²) in [6, 6.07) is 3.94. The molecule has 2 heterocycles. The molecule has 0 fully saturated rings. The summed E-state index contributed by atoms with van der Waals surface area (Å²) >= 11 is 0. The van der Waals surface area contributed by atoms with Gasteiger partial charge in [-0.05, 0) is 50.8 Å². The maximum absolute atomic E-state index is 12.1. The number of methoxy groups -OCH3 is 1. The van der Waals surface area contributed by atoms with Gasteiger partial charge in [0.2, 0.25) is 5.88 Å². The van der Waals surface area contributed by atoms with Crippen molar-refractivity contribution >= 4 is 11.7 Å². The zero-order valence-electron chi connectivity index (χ0n) is 14.7. The molecule has 5 nitrogen and oxygen atoms in total. The van der Waals surface area contributed by atoms with Gasteiger partial charge in [0.1, 0.15) is 5.60 Å². The van der Waals surface area contributed by atoms with Gasteiger partial charge in [-0.15, -0.1) is 0 Å². The van der Waals surface area contributed by atoms with Crippen LogP contribution in [-0.2, 0) is 11.2 Å². The molecule has 0 saturated heterocycles. The summed E-state index contributed by atoms with van der Waals surface area (Å²) in [7, 11) is 1.63. The van der Waals surface area contributed by atoms with Crippen LogP contribution in [0.5, 0.6) is 5.88 Å². The van der Waals surface area contributed by atoms with E-state index >= 15 is 0 Å². The van der Waals surface area contributed by atoms with Crippen molar-refractivity contribution in [2.24, 2.45) is 0 Å². The van der Waals surface area contributed by atoms with Gasteiger partial charge < -0.3 is 14.4 Å². The number of hydrogen-bond donors (Lipinski definition) is 0. The first-order valence-corrected chi connectivity index (χ1v) is 8.05. The number of rotatable bonds is 3. The van der Waals surface area contributed by atoms with Crippen LogP contribution in [0.2, 0.25) is 0 Å². The van der Waals surface area contributed by atoms with Gasteiger partial charge in [0.15, 0.2) is 0 Å². The van der Waals surface area contributed by atoms with E-state index in [1.165, 1.54) is 5.57 Å². The topological polar surface area (TPSA) is 51.7 Å². The zero-order chi connectivity index (χ0) is 17.0. The van der Waals surface area contributed by atoms with Gasteiger partial charge >= 0.3 is 6.09 Å². The number of carbonyl (C=O) groups excluding carboxylic acids is 1. The molecule has 1 aromatic rings. The maximum atomic E-state index is 12.1. The van der Waals surface area contributed by atoms with Crippen LogP contribution in [0.25, 0.3) is 5.57 Å². The van der Waals surface area contributed by atoms with Crippen LogP contribution in [0.15, 0.2) is 18.2 Å². The fourth-order valence-corrected chi connectivity index (χ4v) is 2.56. The largest absolute Gasteiger partial charge is 0.481 e. The van der Waals surface area contributed by atoms with E-state index in [2.05, 4.69) is 24.1 Å². The lowest BCUT2D eigenvalue weighted by molar-refractivity contribution is 0.0270. The van der Waals surface area contributed by atoms with Crippen LogP contribution in [0.1, 0.15) is 45.4 Å². The van der Waals surface area contributed by atoms with E-state index in [0.717, 1.165) is 24.1 Å². The van der Waals surface area contributed by atoms with Crippen LogP contribution < -0.4 is 4.74 Å². The molecule has 1 aliphatic rings. The average Bonchev–Trinajstić information content (AvgIpc) is 2.52. The Morgan fingerprint density at radius 1 is 1.35 bits per heavy atom.